The van der Waals surface area contributed by atoms with E-state index in [0.717, 1.165) is 16.3 Å². The molecule has 0 N–H and O–H groups in total. The second kappa shape index (κ2) is 6.89. The molecule has 0 unspecified atom stereocenters. The fourth-order valence-corrected chi connectivity index (χ4v) is 4.68. The Morgan fingerprint density at radius 2 is 1.30 bits per heavy atom. The minimum absolute atomic E-state index is 0.268. The summed E-state index contributed by atoms with van der Waals surface area (Å²) in [4.78, 5) is 0.268. The van der Waals surface area contributed by atoms with Crippen molar-refractivity contribution in [2.75, 3.05) is 4.31 Å². The predicted octanol–water partition coefficient (Wildman–Crippen LogP) is 5.68. The molecule has 0 amide bonds. The molecule has 0 atom stereocenters. The third kappa shape index (κ3) is 3.20. The van der Waals surface area contributed by atoms with Crippen molar-refractivity contribution in [2.24, 2.45) is 0 Å². The molecule has 0 aromatic heterocycles. The lowest BCUT2D eigenvalue weighted by atomic mass is 10.1. The van der Waals surface area contributed by atoms with Crippen LogP contribution in [0.15, 0.2) is 102 Å². The molecule has 0 bridgehead atoms. The molecule has 0 aliphatic carbocycles. The minimum atomic E-state index is -3.78. The van der Waals surface area contributed by atoms with Crippen LogP contribution >= 0.6 is 0 Å². The largest absolute Gasteiger partial charge is 0.268 e. The van der Waals surface area contributed by atoms with Gasteiger partial charge in [-0.2, -0.15) is 0 Å². The van der Waals surface area contributed by atoms with Crippen LogP contribution in [-0.2, 0) is 10.0 Å². The topological polar surface area (TPSA) is 37.4 Å². The molecule has 4 heteroatoms. The van der Waals surface area contributed by atoms with E-state index in [9.17, 15) is 8.42 Å². The second-order valence-electron chi connectivity index (χ2n) is 6.42. The van der Waals surface area contributed by atoms with Gasteiger partial charge in [0.1, 0.15) is 0 Å². The van der Waals surface area contributed by atoms with Crippen molar-refractivity contribution in [2.45, 2.75) is 11.8 Å². The zero-order chi connectivity index (χ0) is 18.9. The zero-order valence-electron chi connectivity index (χ0n) is 14.9. The summed E-state index contributed by atoms with van der Waals surface area (Å²) in [6.45, 7) is 1.94. The van der Waals surface area contributed by atoms with Gasteiger partial charge in [-0.1, -0.05) is 72.3 Å². The summed E-state index contributed by atoms with van der Waals surface area (Å²) in [5, 5.41) is 1.88. The van der Waals surface area contributed by atoms with Crippen LogP contribution < -0.4 is 4.31 Å². The molecule has 0 aliphatic rings. The third-order valence-corrected chi connectivity index (χ3v) is 6.29. The summed E-state index contributed by atoms with van der Waals surface area (Å²) >= 11 is 0. The van der Waals surface area contributed by atoms with Gasteiger partial charge >= 0.3 is 0 Å². The number of hydrogen-bond acceptors (Lipinski definition) is 2. The molecule has 4 aromatic rings. The average molecular weight is 373 g/mol. The van der Waals surface area contributed by atoms with Crippen molar-refractivity contribution in [3.63, 3.8) is 0 Å². The zero-order valence-corrected chi connectivity index (χ0v) is 15.7. The highest BCUT2D eigenvalue weighted by molar-refractivity contribution is 7.93. The molecular formula is C23H19NO2S. The summed E-state index contributed by atoms with van der Waals surface area (Å²) in [7, 11) is -3.78. The van der Waals surface area contributed by atoms with Crippen molar-refractivity contribution < 1.29 is 8.42 Å². The molecule has 0 heterocycles. The number of fused-ring (bicyclic) bond motifs is 1. The first kappa shape index (κ1) is 17.3. The second-order valence-corrected chi connectivity index (χ2v) is 8.20. The number of para-hydroxylation sites is 1. The van der Waals surface area contributed by atoms with E-state index in [1.165, 1.54) is 4.31 Å². The van der Waals surface area contributed by atoms with Gasteiger partial charge in [0.2, 0.25) is 0 Å². The molecule has 0 radical (unpaired) electrons. The number of nitrogens with zero attached hydrogens (tertiary/aromatic N) is 1. The highest BCUT2D eigenvalue weighted by Gasteiger charge is 2.27. The van der Waals surface area contributed by atoms with E-state index in [1.54, 1.807) is 12.1 Å². The van der Waals surface area contributed by atoms with E-state index in [-0.39, 0.29) is 4.90 Å². The van der Waals surface area contributed by atoms with Gasteiger partial charge in [0.25, 0.3) is 10.0 Å². The Balaban J connectivity index is 2.00. The van der Waals surface area contributed by atoms with E-state index in [4.69, 9.17) is 0 Å². The van der Waals surface area contributed by atoms with Crippen molar-refractivity contribution in [1.29, 1.82) is 0 Å². The van der Waals surface area contributed by atoms with Crippen LogP contribution in [-0.4, -0.2) is 8.42 Å². The maximum Gasteiger partial charge on any atom is 0.268 e. The summed E-state index contributed by atoms with van der Waals surface area (Å²) < 4.78 is 28.7. The Bertz CT molecular complexity index is 1180. The maximum absolute atomic E-state index is 13.6. The van der Waals surface area contributed by atoms with Crippen molar-refractivity contribution >= 4 is 32.2 Å². The number of sulfonamides is 1. The first-order valence-electron chi connectivity index (χ1n) is 8.72. The first-order chi connectivity index (χ1) is 13.1. The predicted molar refractivity (Wildman–Crippen MR) is 111 cm³/mol. The quantitative estimate of drug-likeness (QED) is 0.462. The van der Waals surface area contributed by atoms with E-state index in [2.05, 4.69) is 0 Å². The van der Waals surface area contributed by atoms with Crippen LogP contribution in [0.2, 0.25) is 0 Å². The molecule has 3 nitrogen and oxygen atoms in total. The Morgan fingerprint density at radius 1 is 0.667 bits per heavy atom. The van der Waals surface area contributed by atoms with Gasteiger partial charge in [-0.3, -0.25) is 0 Å². The SMILES string of the molecule is Cc1ccc(S(=O)(=O)N(c2ccccc2)c2cccc3ccccc23)cc1. The molecule has 134 valence electrons. The highest BCUT2D eigenvalue weighted by atomic mass is 32.2. The molecular weight excluding hydrogens is 354 g/mol. The molecule has 0 aliphatic heterocycles. The monoisotopic (exact) mass is 373 g/mol. The standard InChI is InChI=1S/C23H19NO2S/c1-18-14-16-21(17-15-18)27(25,26)24(20-10-3-2-4-11-20)23-13-7-9-19-8-5-6-12-22(19)23/h2-17H,1H3. The van der Waals surface area contributed by atoms with Gasteiger partial charge in [-0.05, 0) is 42.6 Å². The van der Waals surface area contributed by atoms with E-state index in [1.807, 2.05) is 91.9 Å². The number of rotatable bonds is 4. The first-order valence-corrected chi connectivity index (χ1v) is 10.2. The Kier molecular flexibility index (Phi) is 4.42. The Morgan fingerprint density at radius 3 is 2.04 bits per heavy atom. The maximum atomic E-state index is 13.6. The molecule has 0 saturated heterocycles. The van der Waals surface area contributed by atoms with Crippen LogP contribution in [0.5, 0.6) is 0 Å². The summed E-state index contributed by atoms with van der Waals surface area (Å²) in [6.07, 6.45) is 0. The van der Waals surface area contributed by atoms with Crippen molar-refractivity contribution in [3.05, 3.63) is 103 Å². The van der Waals surface area contributed by atoms with Gasteiger partial charge in [-0.15, -0.1) is 0 Å². The summed E-state index contributed by atoms with van der Waals surface area (Å²) in [6, 6.07) is 29.7. The van der Waals surface area contributed by atoms with Crippen LogP contribution in [0.25, 0.3) is 10.8 Å². The Hall–Kier alpha value is -3.11. The normalized spacial score (nSPS) is 11.4. The van der Waals surface area contributed by atoms with E-state index in [0.29, 0.717) is 11.4 Å². The lowest BCUT2D eigenvalue weighted by Gasteiger charge is -2.26. The fourth-order valence-electron chi connectivity index (χ4n) is 3.17. The average Bonchev–Trinajstić information content (AvgIpc) is 2.69. The highest BCUT2D eigenvalue weighted by Crippen LogP contribution is 2.36. The molecule has 0 fully saturated rings. The van der Waals surface area contributed by atoms with Crippen molar-refractivity contribution in [3.8, 4) is 0 Å². The number of hydrogen-bond donors (Lipinski definition) is 0. The summed E-state index contributed by atoms with van der Waals surface area (Å²) in [5.41, 5.74) is 2.26. The van der Waals surface area contributed by atoms with E-state index >= 15 is 0 Å². The van der Waals surface area contributed by atoms with Crippen LogP contribution in [0, 0.1) is 6.92 Å². The number of aryl methyl sites for hydroxylation is 1. The van der Waals surface area contributed by atoms with Crippen LogP contribution in [0.3, 0.4) is 0 Å². The molecule has 4 aromatic carbocycles. The molecule has 27 heavy (non-hydrogen) atoms. The summed E-state index contributed by atoms with van der Waals surface area (Å²) in [5.74, 6) is 0. The van der Waals surface area contributed by atoms with Crippen molar-refractivity contribution in [1.82, 2.24) is 0 Å². The minimum Gasteiger partial charge on any atom is -0.234 e. The van der Waals surface area contributed by atoms with Gasteiger partial charge in [0, 0.05) is 5.39 Å². The molecule has 4 rings (SSSR count). The van der Waals surface area contributed by atoms with Gasteiger partial charge in [0.15, 0.2) is 0 Å². The number of benzene rings is 4. The van der Waals surface area contributed by atoms with Gasteiger partial charge in [-0.25, -0.2) is 12.7 Å². The lowest BCUT2D eigenvalue weighted by molar-refractivity contribution is 0.596. The molecule has 0 spiro atoms. The van der Waals surface area contributed by atoms with Gasteiger partial charge in [0.05, 0.1) is 16.3 Å². The van der Waals surface area contributed by atoms with Crippen LogP contribution in [0.4, 0.5) is 11.4 Å². The Labute approximate surface area is 159 Å². The smallest absolute Gasteiger partial charge is 0.234 e. The van der Waals surface area contributed by atoms with Gasteiger partial charge < -0.3 is 0 Å². The third-order valence-electron chi connectivity index (χ3n) is 4.54. The fraction of sp³-hybridized carbons (Fsp3) is 0.0435. The molecule has 0 saturated carbocycles. The number of anilines is 2. The van der Waals surface area contributed by atoms with E-state index < -0.39 is 10.0 Å². The van der Waals surface area contributed by atoms with Crippen LogP contribution in [0.1, 0.15) is 5.56 Å². The lowest BCUT2D eigenvalue weighted by Crippen LogP contribution is -2.26.